The minimum atomic E-state index is -1.51. The van der Waals surface area contributed by atoms with Crippen molar-refractivity contribution in [1.82, 2.24) is 10.2 Å². The molecule has 0 atom stereocenters. The summed E-state index contributed by atoms with van der Waals surface area (Å²) in [5.74, 6) is -1.10. The molecule has 3 rings (SSSR count). The number of fused-ring (bicyclic) bond motifs is 1. The highest BCUT2D eigenvalue weighted by atomic mass is 16.6. The molecule has 1 heterocycles. The van der Waals surface area contributed by atoms with Gasteiger partial charge in [-0.1, -0.05) is 30.3 Å². The average Bonchev–Trinajstić information content (AvgIpc) is 2.97. The smallest absolute Gasteiger partial charge is 0.332 e. The van der Waals surface area contributed by atoms with Crippen molar-refractivity contribution in [2.75, 3.05) is 45.9 Å². The van der Waals surface area contributed by atoms with Gasteiger partial charge in [-0.3, -0.25) is 14.5 Å². The van der Waals surface area contributed by atoms with E-state index in [1.165, 1.54) is 0 Å². The van der Waals surface area contributed by atoms with Gasteiger partial charge in [-0.15, -0.1) is 0 Å². The van der Waals surface area contributed by atoms with Gasteiger partial charge in [-0.25, -0.2) is 0 Å². The Balaban J connectivity index is 2.06. The molecule has 1 aromatic rings. The molecule has 0 saturated carbocycles. The second-order valence-electron chi connectivity index (χ2n) is 6.47. The van der Waals surface area contributed by atoms with Gasteiger partial charge in [0, 0.05) is 32.7 Å². The summed E-state index contributed by atoms with van der Waals surface area (Å²) in [7, 11) is 0. The Labute approximate surface area is 154 Å². The van der Waals surface area contributed by atoms with Crippen LogP contribution in [-0.2, 0) is 24.5 Å². The van der Waals surface area contributed by atoms with Crippen LogP contribution >= 0.6 is 0 Å². The molecule has 26 heavy (non-hydrogen) atoms. The maximum atomic E-state index is 13.1. The molecule has 1 aromatic carbocycles. The van der Waals surface area contributed by atoms with E-state index in [0.717, 1.165) is 37.3 Å². The largest absolute Gasteiger partial charge is 0.465 e. The fourth-order valence-corrected chi connectivity index (χ4v) is 3.75. The van der Waals surface area contributed by atoms with Crippen molar-refractivity contribution >= 4 is 18.0 Å². The zero-order valence-electron chi connectivity index (χ0n) is 15.4. The molecule has 0 aromatic heterocycles. The van der Waals surface area contributed by atoms with Crippen molar-refractivity contribution in [3.8, 4) is 0 Å². The van der Waals surface area contributed by atoms with Gasteiger partial charge in [0.25, 0.3) is 0 Å². The minimum absolute atomic E-state index is 0.211. The summed E-state index contributed by atoms with van der Waals surface area (Å²) < 4.78 is 10.7. The van der Waals surface area contributed by atoms with Gasteiger partial charge >= 0.3 is 11.9 Å². The highest BCUT2D eigenvalue weighted by molar-refractivity contribution is 6.13. The second-order valence-corrected chi connectivity index (χ2v) is 6.47. The maximum absolute atomic E-state index is 13.1. The van der Waals surface area contributed by atoms with Gasteiger partial charge in [0.05, 0.1) is 13.2 Å². The highest BCUT2D eigenvalue weighted by Crippen LogP contribution is 2.44. The van der Waals surface area contributed by atoms with Crippen LogP contribution in [0.15, 0.2) is 29.8 Å². The molecule has 0 spiro atoms. The van der Waals surface area contributed by atoms with Crippen molar-refractivity contribution in [3.05, 3.63) is 41.0 Å². The van der Waals surface area contributed by atoms with Crippen molar-refractivity contribution in [3.63, 3.8) is 0 Å². The second kappa shape index (κ2) is 8.01. The predicted octanol–water partition coefficient (Wildman–Crippen LogP) is 1.35. The lowest BCUT2D eigenvalue weighted by atomic mass is 9.76. The number of carbonyl (C=O) groups is 2. The maximum Gasteiger partial charge on any atom is 0.332 e. The molecule has 6 nitrogen and oxygen atoms in total. The lowest BCUT2D eigenvalue weighted by Crippen LogP contribution is -2.51. The number of hydrogen-bond donors (Lipinski definition) is 1. The first-order chi connectivity index (χ1) is 12.6. The first-order valence-corrected chi connectivity index (χ1v) is 9.22. The van der Waals surface area contributed by atoms with Crippen LogP contribution in [0.25, 0.3) is 6.08 Å². The third kappa shape index (κ3) is 3.15. The van der Waals surface area contributed by atoms with E-state index in [9.17, 15) is 9.59 Å². The lowest BCUT2D eigenvalue weighted by Gasteiger charge is -2.33. The minimum Gasteiger partial charge on any atom is -0.465 e. The molecule has 1 aliphatic heterocycles. The van der Waals surface area contributed by atoms with Gasteiger partial charge in [-0.2, -0.15) is 0 Å². The van der Waals surface area contributed by atoms with E-state index in [0.29, 0.717) is 12.1 Å². The standard InChI is InChI=1S/C20H26N2O4/c1-3-25-18(23)20(19(24)26-4-2)16(14-22-11-9-21-10-12-22)13-15-7-5-6-8-17(15)20/h5-8,13,21H,3-4,9-12,14H2,1-2H3. The Morgan fingerprint density at radius 3 is 2.31 bits per heavy atom. The number of carbonyl (C=O) groups excluding carboxylic acids is 2. The van der Waals surface area contributed by atoms with Gasteiger partial charge in [0.1, 0.15) is 0 Å². The summed E-state index contributed by atoms with van der Waals surface area (Å²) in [5, 5.41) is 3.32. The predicted molar refractivity (Wildman–Crippen MR) is 98.7 cm³/mol. The summed E-state index contributed by atoms with van der Waals surface area (Å²) >= 11 is 0. The monoisotopic (exact) mass is 358 g/mol. The Hall–Kier alpha value is -2.18. The van der Waals surface area contributed by atoms with E-state index < -0.39 is 17.4 Å². The van der Waals surface area contributed by atoms with Crippen LogP contribution in [0, 0.1) is 0 Å². The van der Waals surface area contributed by atoms with Gasteiger partial charge in [-0.05, 0) is 30.5 Å². The van der Waals surface area contributed by atoms with E-state index in [4.69, 9.17) is 9.47 Å². The van der Waals surface area contributed by atoms with Crippen LogP contribution in [-0.4, -0.2) is 62.8 Å². The lowest BCUT2D eigenvalue weighted by molar-refractivity contribution is -0.162. The number of benzene rings is 1. The molecule has 0 bridgehead atoms. The van der Waals surface area contributed by atoms with Crippen molar-refractivity contribution in [1.29, 1.82) is 0 Å². The van der Waals surface area contributed by atoms with Crippen LogP contribution < -0.4 is 5.32 Å². The van der Waals surface area contributed by atoms with Gasteiger partial charge in [0.15, 0.2) is 0 Å². The Kier molecular flexibility index (Phi) is 5.74. The fourth-order valence-electron chi connectivity index (χ4n) is 3.75. The topological polar surface area (TPSA) is 67.9 Å². The molecule has 1 fully saturated rings. The van der Waals surface area contributed by atoms with Crippen molar-refractivity contribution in [2.45, 2.75) is 19.3 Å². The van der Waals surface area contributed by atoms with Crippen LogP contribution in [0.1, 0.15) is 25.0 Å². The summed E-state index contributed by atoms with van der Waals surface area (Å²) in [6.45, 7) is 7.98. The SMILES string of the molecule is CCOC(=O)C1(C(=O)OCC)C(CN2CCNCC2)=Cc2ccccc21. The Morgan fingerprint density at radius 1 is 1.08 bits per heavy atom. The molecule has 0 radical (unpaired) electrons. The molecule has 1 saturated heterocycles. The number of nitrogens with zero attached hydrogens (tertiary/aromatic N) is 1. The van der Waals surface area contributed by atoms with E-state index in [2.05, 4.69) is 10.2 Å². The van der Waals surface area contributed by atoms with Gasteiger partial charge in [0.2, 0.25) is 5.41 Å². The summed E-state index contributed by atoms with van der Waals surface area (Å²) in [4.78, 5) is 28.5. The number of rotatable bonds is 6. The van der Waals surface area contributed by atoms with E-state index >= 15 is 0 Å². The zero-order valence-corrected chi connectivity index (χ0v) is 15.4. The average molecular weight is 358 g/mol. The molecule has 140 valence electrons. The van der Waals surface area contributed by atoms with E-state index in [-0.39, 0.29) is 13.2 Å². The van der Waals surface area contributed by atoms with E-state index in [1.54, 1.807) is 13.8 Å². The Morgan fingerprint density at radius 2 is 1.69 bits per heavy atom. The molecule has 2 aliphatic rings. The molecule has 1 aliphatic carbocycles. The zero-order chi connectivity index (χ0) is 18.6. The third-order valence-corrected chi connectivity index (χ3v) is 4.94. The number of hydrogen-bond acceptors (Lipinski definition) is 6. The van der Waals surface area contributed by atoms with Crippen LogP contribution in [0.2, 0.25) is 0 Å². The molecular formula is C20H26N2O4. The number of piperazine rings is 1. The van der Waals surface area contributed by atoms with Crippen molar-refractivity contribution < 1.29 is 19.1 Å². The van der Waals surface area contributed by atoms with E-state index in [1.807, 2.05) is 30.3 Å². The number of esters is 2. The quantitative estimate of drug-likeness (QED) is 0.612. The Bertz CT molecular complexity index is 690. The first kappa shape index (κ1) is 18.6. The summed E-state index contributed by atoms with van der Waals surface area (Å²) in [5.41, 5.74) is 0.756. The van der Waals surface area contributed by atoms with Crippen LogP contribution in [0.5, 0.6) is 0 Å². The first-order valence-electron chi connectivity index (χ1n) is 9.22. The van der Waals surface area contributed by atoms with Crippen molar-refractivity contribution in [2.24, 2.45) is 0 Å². The molecule has 0 unspecified atom stereocenters. The molecule has 1 N–H and O–H groups in total. The number of nitrogens with one attached hydrogen (secondary N) is 1. The summed E-state index contributed by atoms with van der Waals surface area (Å²) in [6, 6.07) is 7.50. The summed E-state index contributed by atoms with van der Waals surface area (Å²) in [6.07, 6.45) is 1.95. The molecule has 0 amide bonds. The number of ether oxygens (including phenoxy) is 2. The molecule has 6 heteroatoms. The van der Waals surface area contributed by atoms with Crippen LogP contribution in [0.3, 0.4) is 0 Å². The molecular weight excluding hydrogens is 332 g/mol. The normalized spacial score (nSPS) is 18.8. The van der Waals surface area contributed by atoms with Crippen LogP contribution in [0.4, 0.5) is 0 Å². The third-order valence-electron chi connectivity index (χ3n) is 4.94. The fraction of sp³-hybridized carbons (Fsp3) is 0.500. The highest BCUT2D eigenvalue weighted by Gasteiger charge is 2.57. The van der Waals surface area contributed by atoms with Gasteiger partial charge < -0.3 is 14.8 Å².